The molecule has 1 aromatic heterocycles. The maximum absolute atomic E-state index is 7.39. The number of benzene rings is 1. The molecule has 2 aromatic rings. The van der Waals surface area contributed by atoms with E-state index in [1.165, 1.54) is 4.90 Å². The number of fused-ring (bicyclic) bond motifs is 1. The van der Waals surface area contributed by atoms with Gasteiger partial charge in [-0.15, -0.1) is 0 Å². The summed E-state index contributed by atoms with van der Waals surface area (Å²) in [6, 6.07) is 7.53. The summed E-state index contributed by atoms with van der Waals surface area (Å²) in [6.45, 7) is 7.91. The van der Waals surface area contributed by atoms with Crippen molar-refractivity contribution in [3.8, 4) is 5.75 Å². The Kier molecular flexibility index (Phi) is 4.95. The number of aromatic nitrogens is 1. The molecule has 2 heterocycles. The molecule has 1 aliphatic rings. The minimum absolute atomic E-state index is 0.344. The number of anilines is 2. The standard InChI is InChI=1S/C18H21N5O2/c1-3-25-17-7-18(23(10-19)11-20)22-16-5-4-14(6-15(16)17)21-12(2)13-8-24-9-13/h4-7,10-11,13,19-21H,2-3,8-9H2,1H3. The van der Waals surface area contributed by atoms with E-state index in [0.717, 1.165) is 35.0 Å². The Labute approximate surface area is 146 Å². The highest BCUT2D eigenvalue weighted by Gasteiger charge is 2.21. The van der Waals surface area contributed by atoms with Gasteiger partial charge in [-0.3, -0.25) is 15.7 Å². The lowest BCUT2D eigenvalue weighted by Crippen LogP contribution is -2.31. The molecule has 1 aromatic carbocycles. The Hall–Kier alpha value is -2.93. The molecule has 0 atom stereocenters. The molecule has 25 heavy (non-hydrogen) atoms. The monoisotopic (exact) mass is 339 g/mol. The average Bonchev–Trinajstić information content (AvgIpc) is 2.55. The zero-order valence-corrected chi connectivity index (χ0v) is 14.1. The SMILES string of the molecule is C=C(Nc1ccc2nc(N(C=N)C=N)cc(OCC)c2c1)C1COC1. The summed E-state index contributed by atoms with van der Waals surface area (Å²) in [4.78, 5) is 5.83. The first-order valence-electron chi connectivity index (χ1n) is 8.07. The summed E-state index contributed by atoms with van der Waals surface area (Å²) >= 11 is 0. The summed E-state index contributed by atoms with van der Waals surface area (Å²) in [5, 5.41) is 19.0. The fourth-order valence-electron chi connectivity index (χ4n) is 2.56. The van der Waals surface area contributed by atoms with Crippen LogP contribution in [-0.4, -0.2) is 37.5 Å². The maximum Gasteiger partial charge on any atom is 0.143 e. The van der Waals surface area contributed by atoms with Crippen LogP contribution in [0.2, 0.25) is 0 Å². The van der Waals surface area contributed by atoms with Crippen LogP contribution < -0.4 is 15.0 Å². The van der Waals surface area contributed by atoms with Gasteiger partial charge in [-0.25, -0.2) is 4.98 Å². The average molecular weight is 339 g/mol. The van der Waals surface area contributed by atoms with Gasteiger partial charge in [-0.2, -0.15) is 0 Å². The zero-order valence-electron chi connectivity index (χ0n) is 14.1. The Morgan fingerprint density at radius 3 is 2.76 bits per heavy atom. The lowest BCUT2D eigenvalue weighted by Gasteiger charge is -2.28. The van der Waals surface area contributed by atoms with Crippen molar-refractivity contribution < 1.29 is 9.47 Å². The van der Waals surface area contributed by atoms with Gasteiger partial charge in [0.15, 0.2) is 0 Å². The van der Waals surface area contributed by atoms with Crippen LogP contribution in [-0.2, 0) is 4.74 Å². The molecule has 0 saturated carbocycles. The quantitative estimate of drug-likeness (QED) is 0.507. The van der Waals surface area contributed by atoms with E-state index < -0.39 is 0 Å². The molecule has 0 spiro atoms. The van der Waals surface area contributed by atoms with E-state index in [9.17, 15) is 0 Å². The normalized spacial score (nSPS) is 13.8. The van der Waals surface area contributed by atoms with E-state index in [0.29, 0.717) is 37.3 Å². The van der Waals surface area contributed by atoms with Crippen molar-refractivity contribution in [2.24, 2.45) is 5.92 Å². The van der Waals surface area contributed by atoms with Crippen LogP contribution in [0.3, 0.4) is 0 Å². The van der Waals surface area contributed by atoms with Crippen LogP contribution in [0.4, 0.5) is 11.5 Å². The molecule has 1 aliphatic heterocycles. The van der Waals surface area contributed by atoms with Crippen molar-refractivity contribution in [3.05, 3.63) is 36.5 Å². The summed E-state index contributed by atoms with van der Waals surface area (Å²) in [5.41, 5.74) is 2.58. The van der Waals surface area contributed by atoms with Crippen LogP contribution in [0, 0.1) is 16.7 Å². The van der Waals surface area contributed by atoms with Gasteiger partial charge in [0.1, 0.15) is 11.6 Å². The fourth-order valence-corrected chi connectivity index (χ4v) is 2.56. The van der Waals surface area contributed by atoms with Gasteiger partial charge in [-0.1, -0.05) is 6.58 Å². The van der Waals surface area contributed by atoms with Gasteiger partial charge >= 0.3 is 0 Å². The molecular weight excluding hydrogens is 318 g/mol. The van der Waals surface area contributed by atoms with Crippen molar-refractivity contribution in [2.45, 2.75) is 6.92 Å². The van der Waals surface area contributed by atoms with E-state index in [-0.39, 0.29) is 0 Å². The molecule has 7 heteroatoms. The number of hydrogen-bond donors (Lipinski definition) is 3. The summed E-state index contributed by atoms with van der Waals surface area (Å²) in [7, 11) is 0. The second-order valence-electron chi connectivity index (χ2n) is 5.69. The van der Waals surface area contributed by atoms with Crippen molar-refractivity contribution in [3.63, 3.8) is 0 Å². The molecule has 7 nitrogen and oxygen atoms in total. The van der Waals surface area contributed by atoms with E-state index in [4.69, 9.17) is 20.3 Å². The molecular formula is C18H21N5O2. The lowest BCUT2D eigenvalue weighted by molar-refractivity contribution is -0.0125. The summed E-state index contributed by atoms with van der Waals surface area (Å²) < 4.78 is 11.0. The zero-order chi connectivity index (χ0) is 17.8. The molecule has 0 unspecified atom stereocenters. The number of ether oxygens (including phenoxy) is 2. The molecule has 1 fully saturated rings. The third-order valence-electron chi connectivity index (χ3n) is 4.04. The van der Waals surface area contributed by atoms with Crippen LogP contribution in [0.25, 0.3) is 10.9 Å². The number of nitrogens with one attached hydrogen (secondary N) is 3. The second kappa shape index (κ2) is 7.31. The number of nitrogens with zero attached hydrogens (tertiary/aromatic N) is 2. The molecule has 3 N–H and O–H groups in total. The van der Waals surface area contributed by atoms with Gasteiger partial charge in [-0.05, 0) is 25.1 Å². The predicted octanol–water partition coefficient (Wildman–Crippen LogP) is 3.23. The summed E-state index contributed by atoms with van der Waals surface area (Å²) in [5.74, 6) is 1.48. The van der Waals surface area contributed by atoms with Gasteiger partial charge in [0.05, 0.1) is 38.0 Å². The van der Waals surface area contributed by atoms with Gasteiger partial charge < -0.3 is 14.8 Å². The highest BCUT2D eigenvalue weighted by atomic mass is 16.5. The minimum Gasteiger partial charge on any atom is -0.493 e. The Bertz CT molecular complexity index is 808. The highest BCUT2D eigenvalue weighted by molar-refractivity contribution is 5.99. The minimum atomic E-state index is 0.344. The van der Waals surface area contributed by atoms with Crippen LogP contribution >= 0.6 is 0 Å². The van der Waals surface area contributed by atoms with Crippen molar-refractivity contribution in [1.82, 2.24) is 4.98 Å². The van der Waals surface area contributed by atoms with Crippen molar-refractivity contribution in [1.29, 1.82) is 10.8 Å². The molecule has 130 valence electrons. The third kappa shape index (κ3) is 3.46. The molecule has 1 saturated heterocycles. The second-order valence-corrected chi connectivity index (χ2v) is 5.69. The van der Waals surface area contributed by atoms with Crippen LogP contribution in [0.5, 0.6) is 5.75 Å². The number of hydrogen-bond acceptors (Lipinski definition) is 6. The van der Waals surface area contributed by atoms with E-state index in [1.54, 1.807) is 6.07 Å². The number of pyridine rings is 1. The molecule has 0 radical (unpaired) electrons. The van der Waals surface area contributed by atoms with Gasteiger partial charge in [0.2, 0.25) is 0 Å². The van der Waals surface area contributed by atoms with Gasteiger partial charge in [0.25, 0.3) is 0 Å². The fraction of sp³-hybridized carbons (Fsp3) is 0.278. The first-order valence-corrected chi connectivity index (χ1v) is 8.07. The Morgan fingerprint density at radius 2 is 2.16 bits per heavy atom. The molecule has 3 rings (SSSR count). The van der Waals surface area contributed by atoms with Crippen molar-refractivity contribution >= 4 is 35.1 Å². The predicted molar refractivity (Wildman–Crippen MR) is 100 cm³/mol. The highest BCUT2D eigenvalue weighted by Crippen LogP contribution is 2.32. The van der Waals surface area contributed by atoms with Crippen LogP contribution in [0.15, 0.2) is 36.5 Å². The number of rotatable bonds is 8. The first-order chi connectivity index (χ1) is 12.2. The Balaban J connectivity index is 1.97. The van der Waals surface area contributed by atoms with Crippen molar-refractivity contribution in [2.75, 3.05) is 30.0 Å². The molecule has 0 amide bonds. The molecule has 0 aliphatic carbocycles. The smallest absolute Gasteiger partial charge is 0.143 e. The largest absolute Gasteiger partial charge is 0.493 e. The topological polar surface area (TPSA) is 94.3 Å². The van der Waals surface area contributed by atoms with E-state index in [1.807, 2.05) is 25.1 Å². The van der Waals surface area contributed by atoms with Gasteiger partial charge in [0, 0.05) is 28.8 Å². The Morgan fingerprint density at radius 1 is 1.40 bits per heavy atom. The maximum atomic E-state index is 7.39. The first kappa shape index (κ1) is 16.9. The molecule has 0 bridgehead atoms. The lowest BCUT2D eigenvalue weighted by atomic mass is 10.0. The summed E-state index contributed by atoms with van der Waals surface area (Å²) in [6.07, 6.45) is 2.08. The van der Waals surface area contributed by atoms with E-state index >= 15 is 0 Å². The third-order valence-corrected chi connectivity index (χ3v) is 4.04. The van der Waals surface area contributed by atoms with E-state index in [2.05, 4.69) is 16.9 Å². The van der Waals surface area contributed by atoms with Crippen LogP contribution in [0.1, 0.15) is 6.92 Å².